The second-order valence-electron chi connectivity index (χ2n) is 5.03. The average molecular weight is 252 g/mol. The lowest BCUT2D eigenvalue weighted by Crippen LogP contribution is -2.29. The van der Waals surface area contributed by atoms with E-state index in [4.69, 9.17) is 0 Å². The number of amides is 1. The summed E-state index contributed by atoms with van der Waals surface area (Å²) < 4.78 is 1.94. The Hall–Kier alpha value is -1.36. The first-order chi connectivity index (χ1) is 8.38. The highest BCUT2D eigenvalue weighted by molar-refractivity contribution is 5.93. The van der Waals surface area contributed by atoms with Crippen LogP contribution in [0.5, 0.6) is 0 Å². The van der Waals surface area contributed by atoms with Gasteiger partial charge in [0.1, 0.15) is 0 Å². The Morgan fingerprint density at radius 2 is 1.94 bits per heavy atom. The summed E-state index contributed by atoms with van der Waals surface area (Å²) in [6, 6.07) is 0.295. The van der Waals surface area contributed by atoms with Crippen LogP contribution in [0.2, 0.25) is 0 Å². The van der Waals surface area contributed by atoms with Crippen molar-refractivity contribution >= 4 is 11.6 Å². The van der Waals surface area contributed by atoms with Gasteiger partial charge in [-0.15, -0.1) is 0 Å². The maximum absolute atomic E-state index is 12.0. The SMILES string of the molecule is CNCC(C)C(=O)Nc1c(C)nn(C(C)C)c1C. The zero-order chi connectivity index (χ0) is 13.9. The molecule has 0 aliphatic heterocycles. The molecule has 1 heterocycles. The molecule has 2 N–H and O–H groups in total. The van der Waals surface area contributed by atoms with Crippen molar-refractivity contribution in [2.45, 2.75) is 40.7 Å². The molecule has 18 heavy (non-hydrogen) atoms. The highest BCUT2D eigenvalue weighted by Gasteiger charge is 2.18. The number of aromatic nitrogens is 2. The summed E-state index contributed by atoms with van der Waals surface area (Å²) in [7, 11) is 1.84. The minimum Gasteiger partial charge on any atom is -0.323 e. The standard InChI is InChI=1S/C13H24N4O/c1-8(2)17-11(5)12(10(4)16-17)15-13(18)9(3)7-14-6/h8-9,14H,7H2,1-6H3,(H,15,18). The molecule has 1 unspecified atom stereocenters. The van der Waals surface area contributed by atoms with Crippen LogP contribution >= 0.6 is 0 Å². The molecule has 1 rings (SSSR count). The van der Waals surface area contributed by atoms with Crippen LogP contribution in [0.15, 0.2) is 0 Å². The van der Waals surface area contributed by atoms with E-state index in [1.807, 2.05) is 32.5 Å². The predicted molar refractivity (Wildman–Crippen MR) is 73.8 cm³/mol. The van der Waals surface area contributed by atoms with Gasteiger partial charge in [-0.25, -0.2) is 0 Å². The lowest BCUT2D eigenvalue weighted by atomic mass is 10.1. The molecule has 1 amide bonds. The number of hydrogen-bond donors (Lipinski definition) is 2. The molecule has 1 atom stereocenters. The molecule has 0 radical (unpaired) electrons. The zero-order valence-corrected chi connectivity index (χ0v) is 12.2. The highest BCUT2D eigenvalue weighted by atomic mass is 16.1. The lowest BCUT2D eigenvalue weighted by molar-refractivity contribution is -0.119. The number of carbonyl (C=O) groups is 1. The van der Waals surface area contributed by atoms with Gasteiger partial charge in [-0.05, 0) is 34.7 Å². The van der Waals surface area contributed by atoms with E-state index in [0.29, 0.717) is 12.6 Å². The van der Waals surface area contributed by atoms with Crippen molar-refractivity contribution in [2.75, 3.05) is 18.9 Å². The van der Waals surface area contributed by atoms with Crippen molar-refractivity contribution in [3.8, 4) is 0 Å². The Kier molecular flexibility index (Phi) is 4.90. The van der Waals surface area contributed by atoms with Gasteiger partial charge in [0.15, 0.2) is 0 Å². The Labute approximate surface area is 109 Å². The summed E-state index contributed by atoms with van der Waals surface area (Å²) >= 11 is 0. The first-order valence-corrected chi connectivity index (χ1v) is 6.39. The van der Waals surface area contributed by atoms with Crippen LogP contribution in [0, 0.1) is 19.8 Å². The smallest absolute Gasteiger partial charge is 0.228 e. The number of anilines is 1. The molecular formula is C13H24N4O. The summed E-state index contributed by atoms with van der Waals surface area (Å²) in [5.74, 6) is -0.0324. The van der Waals surface area contributed by atoms with Gasteiger partial charge < -0.3 is 10.6 Å². The molecule has 0 aromatic carbocycles. The fourth-order valence-corrected chi connectivity index (χ4v) is 1.99. The second kappa shape index (κ2) is 6.00. The van der Waals surface area contributed by atoms with Gasteiger partial charge >= 0.3 is 0 Å². The number of nitrogens with one attached hydrogen (secondary N) is 2. The van der Waals surface area contributed by atoms with Crippen molar-refractivity contribution in [2.24, 2.45) is 5.92 Å². The topological polar surface area (TPSA) is 59.0 Å². The monoisotopic (exact) mass is 252 g/mol. The Morgan fingerprint density at radius 1 is 1.33 bits per heavy atom. The van der Waals surface area contributed by atoms with E-state index in [9.17, 15) is 4.79 Å². The molecule has 0 bridgehead atoms. The lowest BCUT2D eigenvalue weighted by Gasteiger charge is -2.12. The molecule has 0 saturated carbocycles. The third-order valence-corrected chi connectivity index (χ3v) is 3.02. The summed E-state index contributed by atoms with van der Waals surface area (Å²) in [4.78, 5) is 12.0. The largest absolute Gasteiger partial charge is 0.323 e. The van der Waals surface area contributed by atoms with Crippen molar-refractivity contribution in [3.63, 3.8) is 0 Å². The maximum Gasteiger partial charge on any atom is 0.228 e. The summed E-state index contributed by atoms with van der Waals surface area (Å²) in [5, 5.41) is 10.4. The fraction of sp³-hybridized carbons (Fsp3) is 0.692. The number of rotatable bonds is 5. The zero-order valence-electron chi connectivity index (χ0n) is 12.2. The Balaban J connectivity index is 2.88. The van der Waals surface area contributed by atoms with E-state index in [2.05, 4.69) is 29.6 Å². The van der Waals surface area contributed by atoms with Gasteiger partial charge in [0, 0.05) is 18.5 Å². The molecule has 1 aromatic heterocycles. The Bertz CT molecular complexity index is 423. The summed E-state index contributed by atoms with van der Waals surface area (Å²) in [6.45, 7) is 10.6. The molecule has 1 aromatic rings. The van der Waals surface area contributed by atoms with Crippen LogP contribution in [-0.4, -0.2) is 29.3 Å². The second-order valence-corrected chi connectivity index (χ2v) is 5.03. The minimum absolute atomic E-state index is 0.0267. The van der Waals surface area contributed by atoms with Crippen LogP contribution < -0.4 is 10.6 Å². The van der Waals surface area contributed by atoms with E-state index in [1.165, 1.54) is 0 Å². The number of nitrogens with zero attached hydrogens (tertiary/aromatic N) is 2. The van der Waals surface area contributed by atoms with Crippen molar-refractivity contribution in [1.82, 2.24) is 15.1 Å². The molecule has 102 valence electrons. The molecule has 0 aliphatic carbocycles. The van der Waals surface area contributed by atoms with Gasteiger partial charge in [-0.2, -0.15) is 5.10 Å². The number of aryl methyl sites for hydroxylation is 1. The van der Waals surface area contributed by atoms with Gasteiger partial charge in [-0.1, -0.05) is 6.92 Å². The molecule has 0 fully saturated rings. The molecule has 5 nitrogen and oxygen atoms in total. The van der Waals surface area contributed by atoms with E-state index in [-0.39, 0.29) is 11.8 Å². The number of hydrogen-bond acceptors (Lipinski definition) is 3. The third kappa shape index (κ3) is 3.10. The van der Waals surface area contributed by atoms with E-state index >= 15 is 0 Å². The van der Waals surface area contributed by atoms with Crippen LogP contribution in [0.4, 0.5) is 5.69 Å². The molecule has 0 aliphatic rings. The minimum atomic E-state index is -0.0591. The van der Waals surface area contributed by atoms with Crippen molar-refractivity contribution in [3.05, 3.63) is 11.4 Å². The van der Waals surface area contributed by atoms with Crippen LogP contribution in [0.1, 0.15) is 38.2 Å². The molecule has 0 spiro atoms. The van der Waals surface area contributed by atoms with E-state index in [1.54, 1.807) is 0 Å². The summed E-state index contributed by atoms with van der Waals surface area (Å²) in [6.07, 6.45) is 0. The average Bonchev–Trinajstić information content (AvgIpc) is 2.57. The van der Waals surface area contributed by atoms with Crippen LogP contribution in [0.25, 0.3) is 0 Å². The van der Waals surface area contributed by atoms with Crippen LogP contribution in [0.3, 0.4) is 0 Å². The quantitative estimate of drug-likeness (QED) is 0.841. The van der Waals surface area contributed by atoms with E-state index in [0.717, 1.165) is 17.1 Å². The Morgan fingerprint density at radius 3 is 2.39 bits per heavy atom. The summed E-state index contributed by atoms with van der Waals surface area (Å²) in [5.41, 5.74) is 2.72. The first kappa shape index (κ1) is 14.7. The van der Waals surface area contributed by atoms with E-state index < -0.39 is 0 Å². The fourth-order valence-electron chi connectivity index (χ4n) is 1.99. The maximum atomic E-state index is 12.0. The van der Waals surface area contributed by atoms with Gasteiger partial charge in [-0.3, -0.25) is 9.48 Å². The normalized spacial score (nSPS) is 12.8. The van der Waals surface area contributed by atoms with Gasteiger partial charge in [0.25, 0.3) is 0 Å². The first-order valence-electron chi connectivity index (χ1n) is 6.39. The van der Waals surface area contributed by atoms with Crippen molar-refractivity contribution < 1.29 is 4.79 Å². The number of carbonyl (C=O) groups excluding carboxylic acids is 1. The van der Waals surface area contributed by atoms with Gasteiger partial charge in [0.05, 0.1) is 17.1 Å². The highest BCUT2D eigenvalue weighted by Crippen LogP contribution is 2.22. The molecular weight excluding hydrogens is 228 g/mol. The molecule has 5 heteroatoms. The predicted octanol–water partition coefficient (Wildman–Crippen LogP) is 1.87. The van der Waals surface area contributed by atoms with Crippen LogP contribution in [-0.2, 0) is 4.79 Å². The van der Waals surface area contributed by atoms with Gasteiger partial charge in [0.2, 0.25) is 5.91 Å². The molecule has 0 saturated heterocycles. The van der Waals surface area contributed by atoms with Crippen molar-refractivity contribution in [1.29, 1.82) is 0 Å². The third-order valence-electron chi connectivity index (χ3n) is 3.02.